The molecule has 140 valence electrons. The topological polar surface area (TPSA) is 68.7 Å². The summed E-state index contributed by atoms with van der Waals surface area (Å²) >= 11 is 0. The van der Waals surface area contributed by atoms with Crippen LogP contribution in [0.5, 0.6) is 11.6 Å². The second-order valence-electron chi connectivity index (χ2n) is 6.53. The van der Waals surface area contributed by atoms with Crippen LogP contribution in [0.15, 0.2) is 24.4 Å². The monoisotopic (exact) mass is 357 g/mol. The minimum absolute atomic E-state index is 0.0535. The summed E-state index contributed by atoms with van der Waals surface area (Å²) in [5.74, 6) is -0.333. The molecule has 26 heavy (non-hydrogen) atoms. The highest BCUT2D eigenvalue weighted by Crippen LogP contribution is 2.32. The van der Waals surface area contributed by atoms with Gasteiger partial charge in [-0.2, -0.15) is 0 Å². The Labute approximate surface area is 155 Å². The number of pyridine rings is 1. The van der Waals surface area contributed by atoms with Gasteiger partial charge in [0, 0.05) is 6.20 Å². The zero-order valence-corrected chi connectivity index (χ0v) is 16.1. The average Bonchev–Trinajstić information content (AvgIpc) is 2.58. The van der Waals surface area contributed by atoms with Gasteiger partial charge in [0.1, 0.15) is 11.3 Å². The lowest BCUT2D eigenvalue weighted by molar-refractivity contribution is 0.0345. The number of nitrogens with zero attached hydrogens (tertiary/aromatic N) is 1. The van der Waals surface area contributed by atoms with Crippen molar-refractivity contribution in [2.75, 3.05) is 0 Å². The number of ether oxygens (including phenoxy) is 2. The van der Waals surface area contributed by atoms with Gasteiger partial charge in [-0.25, -0.2) is 9.78 Å². The van der Waals surface area contributed by atoms with E-state index in [4.69, 9.17) is 9.47 Å². The normalized spacial score (nSPS) is 11.0. The Hall–Kier alpha value is -2.40. The Bertz CT molecular complexity index is 759. The van der Waals surface area contributed by atoms with Crippen LogP contribution in [0.25, 0.3) is 0 Å². The van der Waals surface area contributed by atoms with Crippen molar-refractivity contribution in [2.45, 2.75) is 60.2 Å². The number of carbonyl (C=O) groups is 1. The van der Waals surface area contributed by atoms with Gasteiger partial charge in [-0.05, 0) is 56.4 Å². The molecule has 0 aliphatic heterocycles. The van der Waals surface area contributed by atoms with Crippen molar-refractivity contribution in [3.63, 3.8) is 0 Å². The quantitative estimate of drug-likeness (QED) is 0.703. The third kappa shape index (κ3) is 4.61. The summed E-state index contributed by atoms with van der Waals surface area (Å²) in [6, 6.07) is 5.68. The molecule has 1 N–H and O–H groups in total. The number of hydrogen-bond acceptors (Lipinski definition) is 4. The van der Waals surface area contributed by atoms with Crippen molar-refractivity contribution >= 4 is 5.97 Å². The Morgan fingerprint density at radius 1 is 1.15 bits per heavy atom. The molecule has 0 aliphatic rings. The second kappa shape index (κ2) is 8.81. The molecule has 1 aromatic carbocycles. The van der Waals surface area contributed by atoms with Crippen LogP contribution in [0.2, 0.25) is 0 Å². The summed E-state index contributed by atoms with van der Waals surface area (Å²) in [5, 5.41) is 9.71. The molecular weight excluding hydrogens is 330 g/mol. The number of aromatic carboxylic acids is 1. The van der Waals surface area contributed by atoms with E-state index in [1.54, 1.807) is 12.3 Å². The number of carboxylic acid groups (broad SMARTS) is 1. The Morgan fingerprint density at radius 2 is 1.77 bits per heavy atom. The van der Waals surface area contributed by atoms with Crippen molar-refractivity contribution < 1.29 is 19.4 Å². The maximum absolute atomic E-state index is 11.9. The largest absolute Gasteiger partial charge is 0.477 e. The van der Waals surface area contributed by atoms with E-state index >= 15 is 0 Å². The van der Waals surface area contributed by atoms with Crippen molar-refractivity contribution in [1.29, 1.82) is 0 Å². The highest BCUT2D eigenvalue weighted by molar-refractivity contribution is 5.92. The highest BCUT2D eigenvalue weighted by Gasteiger charge is 2.21. The number of aryl methyl sites for hydroxylation is 3. The summed E-state index contributed by atoms with van der Waals surface area (Å²) in [6.07, 6.45) is 3.44. The number of carboxylic acids is 1. The first-order chi connectivity index (χ1) is 12.4. The number of hydrogen-bond donors (Lipinski definition) is 1. The zero-order chi connectivity index (χ0) is 19.3. The fourth-order valence-electron chi connectivity index (χ4n) is 3.06. The standard InChI is InChI=1S/C21H27NO4/c1-6-17(7-2)25-12-16-8-9-22-20(18(16)21(23)24)26-19-14(4)10-13(3)11-15(19)5/h8-11,17H,6-7,12H2,1-5H3,(H,23,24). The molecule has 0 radical (unpaired) electrons. The molecular formula is C21H27NO4. The van der Waals surface area contributed by atoms with Gasteiger partial charge in [0.05, 0.1) is 12.7 Å². The Kier molecular flexibility index (Phi) is 6.75. The summed E-state index contributed by atoms with van der Waals surface area (Å²) in [7, 11) is 0. The first-order valence-electron chi connectivity index (χ1n) is 8.95. The molecule has 0 amide bonds. The van der Waals surface area contributed by atoms with Crippen LogP contribution < -0.4 is 4.74 Å². The average molecular weight is 357 g/mol. The van der Waals surface area contributed by atoms with Crippen molar-refractivity contribution in [1.82, 2.24) is 4.98 Å². The van der Waals surface area contributed by atoms with E-state index in [-0.39, 0.29) is 24.2 Å². The van der Waals surface area contributed by atoms with Gasteiger partial charge in [0.25, 0.3) is 0 Å². The van der Waals surface area contributed by atoms with Crippen LogP contribution in [-0.4, -0.2) is 22.2 Å². The van der Waals surface area contributed by atoms with Crippen LogP contribution in [0.4, 0.5) is 0 Å². The SMILES string of the molecule is CCC(CC)OCc1ccnc(Oc2c(C)cc(C)cc2C)c1C(=O)O. The smallest absolute Gasteiger partial charge is 0.341 e. The third-order valence-electron chi connectivity index (χ3n) is 4.40. The predicted molar refractivity (Wildman–Crippen MR) is 101 cm³/mol. The van der Waals surface area contributed by atoms with Crippen molar-refractivity contribution in [3.8, 4) is 11.6 Å². The lowest BCUT2D eigenvalue weighted by Gasteiger charge is -2.17. The van der Waals surface area contributed by atoms with Gasteiger partial charge in [0.15, 0.2) is 0 Å². The van der Waals surface area contributed by atoms with E-state index in [1.165, 1.54) is 0 Å². The second-order valence-corrected chi connectivity index (χ2v) is 6.53. The van der Waals surface area contributed by atoms with Crippen LogP contribution in [0.3, 0.4) is 0 Å². The van der Waals surface area contributed by atoms with Crippen LogP contribution >= 0.6 is 0 Å². The molecule has 0 spiro atoms. The Morgan fingerprint density at radius 3 is 2.31 bits per heavy atom. The molecule has 0 fully saturated rings. The van der Waals surface area contributed by atoms with Crippen LogP contribution in [-0.2, 0) is 11.3 Å². The number of aromatic nitrogens is 1. The molecule has 0 saturated carbocycles. The fraction of sp³-hybridized carbons (Fsp3) is 0.429. The third-order valence-corrected chi connectivity index (χ3v) is 4.40. The van der Waals surface area contributed by atoms with Gasteiger partial charge in [-0.1, -0.05) is 31.5 Å². The van der Waals surface area contributed by atoms with Gasteiger partial charge in [0.2, 0.25) is 5.88 Å². The van der Waals surface area contributed by atoms with E-state index in [0.29, 0.717) is 11.3 Å². The molecule has 0 saturated heterocycles. The van der Waals surface area contributed by atoms with Crippen LogP contribution in [0.1, 0.15) is 59.3 Å². The predicted octanol–water partition coefficient (Wildman–Crippen LogP) is 5.20. The van der Waals surface area contributed by atoms with Crippen molar-refractivity contribution in [3.05, 3.63) is 52.2 Å². The zero-order valence-electron chi connectivity index (χ0n) is 16.1. The molecule has 2 aromatic rings. The molecule has 0 atom stereocenters. The van der Waals surface area contributed by atoms with Gasteiger partial charge < -0.3 is 14.6 Å². The molecule has 5 heteroatoms. The number of benzene rings is 1. The van der Waals surface area contributed by atoms with E-state index in [9.17, 15) is 9.90 Å². The number of rotatable bonds is 8. The summed E-state index contributed by atoms with van der Waals surface area (Å²) in [6.45, 7) is 10.2. The molecule has 1 aromatic heterocycles. The van der Waals surface area contributed by atoms with E-state index in [2.05, 4.69) is 18.8 Å². The van der Waals surface area contributed by atoms with Crippen molar-refractivity contribution in [2.24, 2.45) is 0 Å². The minimum Gasteiger partial charge on any atom is -0.477 e. The maximum atomic E-state index is 11.9. The highest BCUT2D eigenvalue weighted by atomic mass is 16.5. The first-order valence-corrected chi connectivity index (χ1v) is 8.95. The van der Waals surface area contributed by atoms with E-state index in [1.807, 2.05) is 32.9 Å². The molecule has 0 bridgehead atoms. The summed E-state index contributed by atoms with van der Waals surface area (Å²) in [4.78, 5) is 16.0. The molecule has 0 unspecified atom stereocenters. The van der Waals surface area contributed by atoms with E-state index < -0.39 is 5.97 Å². The molecule has 1 heterocycles. The first kappa shape index (κ1) is 19.9. The van der Waals surface area contributed by atoms with Gasteiger partial charge in [-0.15, -0.1) is 0 Å². The molecule has 0 aliphatic carbocycles. The Balaban J connectivity index is 2.38. The lowest BCUT2D eigenvalue weighted by Crippen LogP contribution is -2.13. The van der Waals surface area contributed by atoms with E-state index in [0.717, 1.165) is 29.5 Å². The minimum atomic E-state index is -1.07. The molecule has 2 rings (SSSR count). The van der Waals surface area contributed by atoms with Gasteiger partial charge in [-0.3, -0.25) is 0 Å². The maximum Gasteiger partial charge on any atom is 0.341 e. The summed E-state index contributed by atoms with van der Waals surface area (Å²) in [5.41, 5.74) is 3.64. The summed E-state index contributed by atoms with van der Waals surface area (Å²) < 4.78 is 11.8. The fourth-order valence-corrected chi connectivity index (χ4v) is 3.06. The van der Waals surface area contributed by atoms with Gasteiger partial charge >= 0.3 is 5.97 Å². The van der Waals surface area contributed by atoms with Crippen LogP contribution in [0, 0.1) is 20.8 Å². The molecule has 5 nitrogen and oxygen atoms in total. The lowest BCUT2D eigenvalue weighted by atomic mass is 10.1.